The lowest BCUT2D eigenvalue weighted by Gasteiger charge is -2.10. The normalized spacial score (nSPS) is 15.4. The third-order valence-electron chi connectivity index (χ3n) is 3.22. The molecule has 7 heteroatoms. The summed E-state index contributed by atoms with van der Waals surface area (Å²) in [7, 11) is 0. The molecule has 21 heavy (non-hydrogen) atoms. The number of nitrogens with one attached hydrogen (secondary N) is 1. The molecule has 0 saturated heterocycles. The van der Waals surface area contributed by atoms with E-state index in [1.807, 2.05) is 0 Å². The molecular formula is C14H12BrF3N2O. The number of oxazole rings is 1. The molecule has 1 saturated carbocycles. The molecule has 1 aromatic carbocycles. The van der Waals surface area contributed by atoms with E-state index in [1.165, 1.54) is 18.4 Å². The lowest BCUT2D eigenvalue weighted by atomic mass is 10.1. The summed E-state index contributed by atoms with van der Waals surface area (Å²) in [4.78, 5) is 4.14. The zero-order valence-electron chi connectivity index (χ0n) is 10.9. The van der Waals surface area contributed by atoms with Crippen LogP contribution in [0.4, 0.5) is 13.2 Å². The Morgan fingerprint density at radius 3 is 2.76 bits per heavy atom. The minimum absolute atomic E-state index is 0.0116. The van der Waals surface area contributed by atoms with Crippen LogP contribution in [0.25, 0.3) is 11.5 Å². The average molecular weight is 361 g/mol. The summed E-state index contributed by atoms with van der Waals surface area (Å²) in [6.07, 6.45) is -0.793. The molecular weight excluding hydrogens is 349 g/mol. The third-order valence-corrected chi connectivity index (χ3v) is 3.71. The highest BCUT2D eigenvalue weighted by Crippen LogP contribution is 2.38. The molecule has 0 atom stereocenters. The summed E-state index contributed by atoms with van der Waals surface area (Å²) >= 11 is 3.05. The lowest BCUT2D eigenvalue weighted by molar-refractivity contribution is -0.137. The maximum Gasteiger partial charge on any atom is 0.417 e. The first-order chi connectivity index (χ1) is 9.93. The largest absolute Gasteiger partial charge is 0.444 e. The topological polar surface area (TPSA) is 38.1 Å². The van der Waals surface area contributed by atoms with Gasteiger partial charge in [-0.1, -0.05) is 15.9 Å². The first-order valence-electron chi connectivity index (χ1n) is 6.48. The quantitative estimate of drug-likeness (QED) is 0.879. The number of halogens is 4. The van der Waals surface area contributed by atoms with Gasteiger partial charge in [-0.2, -0.15) is 13.2 Å². The van der Waals surface area contributed by atoms with Gasteiger partial charge < -0.3 is 9.73 Å². The van der Waals surface area contributed by atoms with Crippen LogP contribution in [0.1, 0.15) is 24.1 Å². The Bertz CT molecular complexity index is 650. The second-order valence-electron chi connectivity index (χ2n) is 4.99. The number of rotatable bonds is 4. The summed E-state index contributed by atoms with van der Waals surface area (Å²) in [6.45, 7) is 0.506. The van der Waals surface area contributed by atoms with Crippen LogP contribution in [-0.2, 0) is 12.7 Å². The van der Waals surface area contributed by atoms with E-state index in [-0.39, 0.29) is 11.5 Å². The SMILES string of the molecule is FC(F)(F)c1cc(Br)ccc1-c1nc(CNC2CC2)co1. The van der Waals surface area contributed by atoms with Crippen molar-refractivity contribution in [2.45, 2.75) is 31.6 Å². The van der Waals surface area contributed by atoms with Crippen molar-refractivity contribution in [1.82, 2.24) is 10.3 Å². The first kappa shape index (κ1) is 14.6. The van der Waals surface area contributed by atoms with E-state index < -0.39 is 11.7 Å². The molecule has 0 bridgehead atoms. The van der Waals surface area contributed by atoms with E-state index in [4.69, 9.17) is 4.42 Å². The number of nitrogens with zero attached hydrogens (tertiary/aromatic N) is 1. The van der Waals surface area contributed by atoms with Crippen molar-refractivity contribution >= 4 is 15.9 Å². The second-order valence-corrected chi connectivity index (χ2v) is 5.90. The van der Waals surface area contributed by atoms with E-state index in [2.05, 4.69) is 26.2 Å². The van der Waals surface area contributed by atoms with Crippen LogP contribution in [0.3, 0.4) is 0 Å². The van der Waals surface area contributed by atoms with E-state index >= 15 is 0 Å². The Morgan fingerprint density at radius 2 is 2.10 bits per heavy atom. The summed E-state index contributed by atoms with van der Waals surface area (Å²) in [5.74, 6) is -0.0116. The van der Waals surface area contributed by atoms with Crippen molar-refractivity contribution in [2.24, 2.45) is 0 Å². The zero-order chi connectivity index (χ0) is 15.0. The molecule has 0 spiro atoms. The highest BCUT2D eigenvalue weighted by Gasteiger charge is 2.35. The minimum atomic E-state index is -4.46. The molecule has 1 aliphatic rings. The Hall–Kier alpha value is -1.34. The van der Waals surface area contributed by atoms with Crippen molar-refractivity contribution in [3.8, 4) is 11.5 Å². The van der Waals surface area contributed by atoms with Crippen LogP contribution < -0.4 is 5.32 Å². The van der Waals surface area contributed by atoms with Gasteiger partial charge in [0.25, 0.3) is 0 Å². The number of hydrogen-bond acceptors (Lipinski definition) is 3. The van der Waals surface area contributed by atoms with Crippen LogP contribution in [0.2, 0.25) is 0 Å². The number of hydrogen-bond donors (Lipinski definition) is 1. The number of alkyl halides is 3. The highest BCUT2D eigenvalue weighted by atomic mass is 79.9. The monoisotopic (exact) mass is 360 g/mol. The Morgan fingerprint density at radius 1 is 1.33 bits per heavy atom. The maximum atomic E-state index is 13.1. The number of aromatic nitrogens is 1. The fourth-order valence-electron chi connectivity index (χ4n) is 1.99. The van der Waals surface area contributed by atoms with Crippen molar-refractivity contribution in [3.63, 3.8) is 0 Å². The molecule has 3 nitrogen and oxygen atoms in total. The molecule has 0 unspecified atom stereocenters. The van der Waals surface area contributed by atoms with Crippen LogP contribution in [0.5, 0.6) is 0 Å². The van der Waals surface area contributed by atoms with Crippen LogP contribution in [0, 0.1) is 0 Å². The molecule has 1 aromatic heterocycles. The Kier molecular flexibility index (Phi) is 3.79. The summed E-state index contributed by atoms with van der Waals surface area (Å²) in [5, 5.41) is 3.24. The lowest BCUT2D eigenvalue weighted by Crippen LogP contribution is -2.15. The first-order valence-corrected chi connectivity index (χ1v) is 7.27. The van der Waals surface area contributed by atoms with E-state index in [1.54, 1.807) is 0 Å². The smallest absolute Gasteiger partial charge is 0.417 e. The van der Waals surface area contributed by atoms with Gasteiger partial charge in [0.1, 0.15) is 6.26 Å². The molecule has 2 aromatic rings. The van der Waals surface area contributed by atoms with E-state index in [9.17, 15) is 13.2 Å². The van der Waals surface area contributed by atoms with Crippen molar-refractivity contribution in [3.05, 3.63) is 40.2 Å². The third kappa shape index (κ3) is 3.47. The van der Waals surface area contributed by atoms with Gasteiger partial charge >= 0.3 is 6.18 Å². The van der Waals surface area contributed by atoms with E-state index in [0.29, 0.717) is 22.8 Å². The molecule has 1 fully saturated rings. The molecule has 3 rings (SSSR count). The highest BCUT2D eigenvalue weighted by molar-refractivity contribution is 9.10. The number of benzene rings is 1. The van der Waals surface area contributed by atoms with Gasteiger partial charge in [-0.3, -0.25) is 0 Å². The fraction of sp³-hybridized carbons (Fsp3) is 0.357. The van der Waals surface area contributed by atoms with Gasteiger partial charge in [-0.05, 0) is 31.0 Å². The maximum absolute atomic E-state index is 13.1. The van der Waals surface area contributed by atoms with Gasteiger partial charge in [0, 0.05) is 22.6 Å². The van der Waals surface area contributed by atoms with Gasteiger partial charge in [0.15, 0.2) is 0 Å². The molecule has 0 radical (unpaired) electrons. The van der Waals surface area contributed by atoms with Crippen molar-refractivity contribution in [1.29, 1.82) is 0 Å². The summed E-state index contributed by atoms with van der Waals surface area (Å²) < 4.78 is 44.8. The molecule has 1 aliphatic carbocycles. The second kappa shape index (κ2) is 5.46. The Labute approximate surface area is 127 Å². The average Bonchev–Trinajstić information content (AvgIpc) is 3.13. The molecule has 112 valence electrons. The predicted molar refractivity (Wildman–Crippen MR) is 74.5 cm³/mol. The van der Waals surface area contributed by atoms with Gasteiger partial charge in [-0.15, -0.1) is 0 Å². The van der Waals surface area contributed by atoms with E-state index in [0.717, 1.165) is 18.9 Å². The summed E-state index contributed by atoms with van der Waals surface area (Å²) in [5.41, 5.74) is -0.211. The minimum Gasteiger partial charge on any atom is -0.444 e. The van der Waals surface area contributed by atoms with Crippen LogP contribution in [-0.4, -0.2) is 11.0 Å². The van der Waals surface area contributed by atoms with Crippen molar-refractivity contribution < 1.29 is 17.6 Å². The molecule has 1 N–H and O–H groups in total. The predicted octanol–water partition coefficient (Wildman–Crippen LogP) is 4.37. The van der Waals surface area contributed by atoms with Crippen LogP contribution >= 0.6 is 15.9 Å². The van der Waals surface area contributed by atoms with Crippen molar-refractivity contribution in [2.75, 3.05) is 0 Å². The molecule has 0 aliphatic heterocycles. The zero-order valence-corrected chi connectivity index (χ0v) is 12.5. The Balaban J connectivity index is 1.88. The summed E-state index contributed by atoms with van der Waals surface area (Å²) in [6, 6.07) is 4.43. The van der Waals surface area contributed by atoms with Gasteiger partial charge in [-0.25, -0.2) is 4.98 Å². The van der Waals surface area contributed by atoms with Gasteiger partial charge in [0.05, 0.1) is 11.3 Å². The molecule has 0 amide bonds. The van der Waals surface area contributed by atoms with Gasteiger partial charge in [0.2, 0.25) is 5.89 Å². The molecule has 1 heterocycles. The van der Waals surface area contributed by atoms with Crippen LogP contribution in [0.15, 0.2) is 33.4 Å². The fourth-order valence-corrected chi connectivity index (χ4v) is 2.35. The standard InChI is InChI=1S/C14H12BrF3N2O/c15-8-1-4-11(12(5-8)14(16,17)18)13-20-10(7-21-13)6-19-9-2-3-9/h1,4-5,7,9,19H,2-3,6H2.